The SMILES string of the molecule is CC.CC(C)C.NC(=O)[C@@H]1CCCN1C(=O)CNc1nc(-c2ccc(C(F)(F)F)cc2C(F)(F)F)cs1. The van der Waals surface area contributed by atoms with E-state index in [4.69, 9.17) is 5.73 Å². The van der Waals surface area contributed by atoms with Gasteiger partial charge in [-0.1, -0.05) is 40.7 Å². The number of thiazole rings is 1. The molecular weight excluding hydrogens is 522 g/mol. The summed E-state index contributed by atoms with van der Waals surface area (Å²) in [5.74, 6) is -0.215. The highest BCUT2D eigenvalue weighted by atomic mass is 32.1. The van der Waals surface area contributed by atoms with Crippen molar-refractivity contribution < 1.29 is 35.9 Å². The number of hydrogen-bond acceptors (Lipinski definition) is 5. The first-order valence-electron chi connectivity index (χ1n) is 11.7. The number of aromatic nitrogens is 1. The van der Waals surface area contributed by atoms with Gasteiger partial charge in [0.2, 0.25) is 11.8 Å². The number of alkyl halides is 6. The number of anilines is 1. The molecule has 3 rings (SSSR count). The van der Waals surface area contributed by atoms with Crippen molar-refractivity contribution in [1.82, 2.24) is 9.88 Å². The summed E-state index contributed by atoms with van der Waals surface area (Å²) in [7, 11) is 0. The molecule has 0 bridgehead atoms. The minimum Gasteiger partial charge on any atom is -0.368 e. The van der Waals surface area contributed by atoms with Gasteiger partial charge in [0.05, 0.1) is 23.4 Å². The summed E-state index contributed by atoms with van der Waals surface area (Å²) < 4.78 is 78.5. The maximum atomic E-state index is 13.3. The molecule has 13 heteroatoms. The average molecular weight is 555 g/mol. The zero-order valence-corrected chi connectivity index (χ0v) is 22.1. The summed E-state index contributed by atoms with van der Waals surface area (Å²) in [5, 5.41) is 4.01. The molecule has 3 N–H and O–H groups in total. The van der Waals surface area contributed by atoms with Gasteiger partial charge < -0.3 is 16.0 Å². The van der Waals surface area contributed by atoms with Crippen LogP contribution in [0.5, 0.6) is 0 Å². The lowest BCUT2D eigenvalue weighted by Gasteiger charge is -2.22. The lowest BCUT2D eigenvalue weighted by Crippen LogP contribution is -2.45. The second kappa shape index (κ2) is 13.6. The number of nitrogens with two attached hydrogens (primary N) is 1. The molecule has 1 aromatic heterocycles. The van der Waals surface area contributed by atoms with Gasteiger partial charge in [-0.05, 0) is 30.9 Å². The Balaban J connectivity index is 0.00000104. The van der Waals surface area contributed by atoms with Crippen LogP contribution in [-0.4, -0.2) is 40.8 Å². The molecule has 0 aliphatic carbocycles. The predicted octanol–water partition coefficient (Wildman–Crippen LogP) is 6.42. The van der Waals surface area contributed by atoms with Gasteiger partial charge in [-0.25, -0.2) is 4.98 Å². The molecule has 1 aliphatic heterocycles. The summed E-state index contributed by atoms with van der Waals surface area (Å²) in [6.45, 7) is 10.6. The van der Waals surface area contributed by atoms with Crippen molar-refractivity contribution in [3.63, 3.8) is 0 Å². The lowest BCUT2D eigenvalue weighted by molar-refractivity contribution is -0.142. The molecule has 1 atom stereocenters. The van der Waals surface area contributed by atoms with Gasteiger partial charge in [0, 0.05) is 17.5 Å². The molecule has 1 aliphatic rings. The summed E-state index contributed by atoms with van der Waals surface area (Å²) in [4.78, 5) is 29.0. The number of nitrogens with one attached hydrogen (secondary N) is 1. The average Bonchev–Trinajstić information content (AvgIpc) is 3.47. The van der Waals surface area contributed by atoms with E-state index >= 15 is 0 Å². The maximum absolute atomic E-state index is 13.3. The Hall–Kier alpha value is -2.83. The van der Waals surface area contributed by atoms with E-state index in [9.17, 15) is 35.9 Å². The Labute approximate surface area is 216 Å². The standard InChI is InChI=1S/C18H16F6N4O2S.C4H10.C2H6/c19-17(20,21)9-3-4-10(11(6-9)18(22,23)24)12-8-31-16(27-12)26-7-14(29)28-5-1-2-13(28)15(25)30;1-4(2)3;1-2/h3-4,6,8,13H,1-2,5,7H2,(H2,25,30)(H,26,27);4H,1-3H3;1-2H3/t13-;;/m0../s1. The highest BCUT2D eigenvalue weighted by Crippen LogP contribution is 2.41. The third-order valence-corrected chi connectivity index (χ3v) is 5.52. The minimum atomic E-state index is -5.02. The number of halogens is 6. The number of rotatable bonds is 5. The van der Waals surface area contributed by atoms with Gasteiger partial charge in [0.1, 0.15) is 6.04 Å². The molecule has 0 unspecified atom stereocenters. The topological polar surface area (TPSA) is 88.3 Å². The Kier molecular flexibility index (Phi) is 11.9. The molecule has 2 aromatic rings. The van der Waals surface area contributed by atoms with Crippen LogP contribution >= 0.6 is 11.3 Å². The summed E-state index contributed by atoms with van der Waals surface area (Å²) in [6, 6.07) is 0.611. The highest BCUT2D eigenvalue weighted by molar-refractivity contribution is 7.14. The Morgan fingerprint density at radius 2 is 1.73 bits per heavy atom. The Morgan fingerprint density at radius 1 is 1.14 bits per heavy atom. The molecule has 208 valence electrons. The van der Waals surface area contributed by atoms with Crippen molar-refractivity contribution in [2.45, 2.75) is 65.9 Å². The van der Waals surface area contributed by atoms with Crippen molar-refractivity contribution in [3.8, 4) is 11.3 Å². The van der Waals surface area contributed by atoms with Crippen LogP contribution in [0.2, 0.25) is 0 Å². The molecule has 1 saturated heterocycles. The number of nitrogens with zero attached hydrogens (tertiary/aromatic N) is 2. The van der Waals surface area contributed by atoms with Gasteiger partial charge >= 0.3 is 12.4 Å². The van der Waals surface area contributed by atoms with Crippen LogP contribution in [0, 0.1) is 5.92 Å². The highest BCUT2D eigenvalue weighted by Gasteiger charge is 2.39. The van der Waals surface area contributed by atoms with E-state index in [0.717, 1.165) is 23.3 Å². The third-order valence-electron chi connectivity index (χ3n) is 4.72. The fourth-order valence-corrected chi connectivity index (χ4v) is 3.98. The second-order valence-electron chi connectivity index (χ2n) is 8.53. The summed E-state index contributed by atoms with van der Waals surface area (Å²) in [6.07, 6.45) is -8.87. The van der Waals surface area contributed by atoms with E-state index < -0.39 is 46.9 Å². The van der Waals surface area contributed by atoms with Crippen LogP contribution in [0.25, 0.3) is 11.3 Å². The van der Waals surface area contributed by atoms with Crippen molar-refractivity contribution in [2.75, 3.05) is 18.4 Å². The normalized spacial score (nSPS) is 15.5. The van der Waals surface area contributed by atoms with Crippen LogP contribution in [0.1, 0.15) is 58.6 Å². The molecular formula is C24H32F6N4O2S. The first-order valence-corrected chi connectivity index (χ1v) is 12.6. The van der Waals surface area contributed by atoms with Gasteiger partial charge in [0.15, 0.2) is 5.13 Å². The van der Waals surface area contributed by atoms with Gasteiger partial charge in [-0.15, -0.1) is 11.3 Å². The first-order chi connectivity index (χ1) is 17.1. The van der Waals surface area contributed by atoms with E-state index in [1.54, 1.807) is 0 Å². The molecule has 6 nitrogen and oxygen atoms in total. The van der Waals surface area contributed by atoms with E-state index in [2.05, 4.69) is 31.1 Å². The second-order valence-corrected chi connectivity index (χ2v) is 9.39. The number of carbonyl (C=O) groups excluding carboxylic acids is 2. The number of primary amides is 1. The molecule has 1 aromatic carbocycles. The van der Waals surface area contributed by atoms with Crippen LogP contribution in [-0.2, 0) is 21.9 Å². The molecule has 0 radical (unpaired) electrons. The fraction of sp³-hybridized carbons (Fsp3) is 0.542. The van der Waals surface area contributed by atoms with Crippen LogP contribution in [0.4, 0.5) is 31.5 Å². The predicted molar refractivity (Wildman–Crippen MR) is 132 cm³/mol. The zero-order chi connectivity index (χ0) is 28.6. The van der Waals surface area contributed by atoms with Crippen LogP contribution < -0.4 is 11.1 Å². The largest absolute Gasteiger partial charge is 0.417 e. The minimum absolute atomic E-state index is 0.0443. The summed E-state index contributed by atoms with van der Waals surface area (Å²) >= 11 is 0.891. The Morgan fingerprint density at radius 3 is 2.24 bits per heavy atom. The quantitative estimate of drug-likeness (QED) is 0.418. The maximum Gasteiger partial charge on any atom is 0.417 e. The first kappa shape index (κ1) is 32.2. The molecule has 1 fully saturated rings. The third kappa shape index (κ3) is 9.52. The Bertz CT molecular complexity index is 1030. The zero-order valence-electron chi connectivity index (χ0n) is 21.3. The molecule has 0 saturated carbocycles. The van der Waals surface area contributed by atoms with E-state index in [0.29, 0.717) is 25.5 Å². The van der Waals surface area contributed by atoms with Gasteiger partial charge in [0.25, 0.3) is 0 Å². The van der Waals surface area contributed by atoms with Crippen LogP contribution in [0.3, 0.4) is 0 Å². The molecule has 2 heterocycles. The monoisotopic (exact) mass is 554 g/mol. The summed E-state index contributed by atoms with van der Waals surface area (Å²) in [5.41, 5.74) is 1.69. The van der Waals surface area contributed by atoms with Crippen molar-refractivity contribution >= 4 is 28.3 Å². The number of likely N-dealkylation sites (tertiary alicyclic amines) is 1. The van der Waals surface area contributed by atoms with E-state index in [1.807, 2.05) is 13.8 Å². The van der Waals surface area contributed by atoms with Crippen LogP contribution in [0.15, 0.2) is 23.6 Å². The van der Waals surface area contributed by atoms with Crippen molar-refractivity contribution in [3.05, 3.63) is 34.7 Å². The lowest BCUT2D eigenvalue weighted by atomic mass is 10.0. The molecule has 0 spiro atoms. The molecule has 2 amide bonds. The number of hydrogen-bond donors (Lipinski definition) is 2. The van der Waals surface area contributed by atoms with E-state index in [1.165, 1.54) is 10.3 Å². The number of amides is 2. The van der Waals surface area contributed by atoms with Gasteiger partial charge in [-0.2, -0.15) is 26.3 Å². The van der Waals surface area contributed by atoms with Crippen molar-refractivity contribution in [1.29, 1.82) is 0 Å². The fourth-order valence-electron chi connectivity index (χ4n) is 3.27. The smallest absolute Gasteiger partial charge is 0.368 e. The van der Waals surface area contributed by atoms with Crippen molar-refractivity contribution in [2.24, 2.45) is 11.7 Å². The number of benzene rings is 1. The molecule has 37 heavy (non-hydrogen) atoms. The van der Waals surface area contributed by atoms with E-state index in [-0.39, 0.29) is 23.4 Å². The number of carbonyl (C=O) groups is 2. The van der Waals surface area contributed by atoms with Gasteiger partial charge in [-0.3, -0.25) is 9.59 Å².